The molecule has 0 N–H and O–H groups in total. The van der Waals surface area contributed by atoms with E-state index in [1.807, 2.05) is 0 Å². The summed E-state index contributed by atoms with van der Waals surface area (Å²) < 4.78 is 16.8. The van der Waals surface area contributed by atoms with Crippen molar-refractivity contribution in [3.8, 4) is 0 Å². The molecular formula is C75H118O6. The number of hydrogen-bond donors (Lipinski definition) is 0. The van der Waals surface area contributed by atoms with Crippen LogP contribution < -0.4 is 0 Å². The largest absolute Gasteiger partial charge is 0.462 e. The number of rotatable bonds is 57. The summed E-state index contributed by atoms with van der Waals surface area (Å²) in [5.41, 5.74) is 0. The second kappa shape index (κ2) is 67.3. The number of carbonyl (C=O) groups excluding carboxylic acids is 3. The van der Waals surface area contributed by atoms with E-state index in [1.165, 1.54) is 77.0 Å². The third kappa shape index (κ3) is 65.5. The molecule has 6 nitrogen and oxygen atoms in total. The van der Waals surface area contributed by atoms with Gasteiger partial charge < -0.3 is 14.2 Å². The molecule has 1 unspecified atom stereocenters. The Morgan fingerprint density at radius 3 is 0.802 bits per heavy atom. The van der Waals surface area contributed by atoms with Crippen molar-refractivity contribution in [3.63, 3.8) is 0 Å². The van der Waals surface area contributed by atoms with Crippen molar-refractivity contribution in [1.29, 1.82) is 0 Å². The summed E-state index contributed by atoms with van der Waals surface area (Å²) in [6.07, 6.45) is 99.4. The lowest BCUT2D eigenvalue weighted by molar-refractivity contribution is -0.167. The average Bonchev–Trinajstić information content (AvgIpc) is 3.46. The van der Waals surface area contributed by atoms with Crippen molar-refractivity contribution in [1.82, 2.24) is 0 Å². The second-order valence-corrected chi connectivity index (χ2v) is 20.9. The van der Waals surface area contributed by atoms with Crippen LogP contribution in [-0.2, 0) is 28.6 Å². The number of esters is 3. The number of allylic oxidation sites excluding steroid dienone is 28. The highest BCUT2D eigenvalue weighted by molar-refractivity contribution is 5.71. The third-order valence-corrected chi connectivity index (χ3v) is 13.2. The van der Waals surface area contributed by atoms with Crippen LogP contribution in [0.1, 0.15) is 265 Å². The van der Waals surface area contributed by atoms with E-state index in [2.05, 4.69) is 191 Å². The van der Waals surface area contributed by atoms with Gasteiger partial charge in [-0.25, -0.2) is 0 Å². The minimum absolute atomic E-state index is 0.115. The predicted molar refractivity (Wildman–Crippen MR) is 352 cm³/mol. The van der Waals surface area contributed by atoms with Crippen molar-refractivity contribution >= 4 is 17.9 Å². The maximum absolute atomic E-state index is 12.9. The van der Waals surface area contributed by atoms with Crippen molar-refractivity contribution in [2.45, 2.75) is 271 Å². The van der Waals surface area contributed by atoms with Crippen molar-refractivity contribution in [2.24, 2.45) is 0 Å². The minimum Gasteiger partial charge on any atom is -0.462 e. The lowest BCUT2D eigenvalue weighted by atomic mass is 10.1. The van der Waals surface area contributed by atoms with Crippen molar-refractivity contribution in [2.75, 3.05) is 13.2 Å². The summed E-state index contributed by atoms with van der Waals surface area (Å²) in [5, 5.41) is 0. The molecule has 0 aliphatic carbocycles. The molecule has 0 saturated heterocycles. The van der Waals surface area contributed by atoms with E-state index in [0.29, 0.717) is 19.3 Å². The topological polar surface area (TPSA) is 78.9 Å². The summed E-state index contributed by atoms with van der Waals surface area (Å²) in [6.45, 7) is 6.34. The normalized spacial score (nSPS) is 13.3. The van der Waals surface area contributed by atoms with Crippen LogP contribution in [0.15, 0.2) is 170 Å². The number of hydrogen-bond acceptors (Lipinski definition) is 6. The van der Waals surface area contributed by atoms with Crippen molar-refractivity contribution in [3.05, 3.63) is 170 Å². The maximum Gasteiger partial charge on any atom is 0.306 e. The Bertz CT molecular complexity index is 1860. The summed E-state index contributed by atoms with van der Waals surface area (Å²) in [7, 11) is 0. The van der Waals surface area contributed by atoms with Gasteiger partial charge in [-0.05, 0) is 154 Å². The average molecular weight is 1120 g/mol. The van der Waals surface area contributed by atoms with Crippen molar-refractivity contribution < 1.29 is 28.6 Å². The van der Waals surface area contributed by atoms with Crippen LogP contribution in [0.4, 0.5) is 0 Å². The van der Waals surface area contributed by atoms with Crippen LogP contribution >= 0.6 is 0 Å². The zero-order valence-electron chi connectivity index (χ0n) is 52.0. The molecule has 0 spiro atoms. The van der Waals surface area contributed by atoms with Gasteiger partial charge in [0, 0.05) is 19.3 Å². The molecular weight excluding hydrogens is 997 g/mol. The highest BCUT2D eigenvalue weighted by Gasteiger charge is 2.19. The van der Waals surface area contributed by atoms with Gasteiger partial charge in [0.25, 0.3) is 0 Å². The number of unbranched alkanes of at least 4 members (excludes halogenated alkanes) is 18. The van der Waals surface area contributed by atoms with Gasteiger partial charge in [-0.15, -0.1) is 0 Å². The van der Waals surface area contributed by atoms with Crippen LogP contribution in [0.25, 0.3) is 0 Å². The first-order valence-electron chi connectivity index (χ1n) is 32.6. The van der Waals surface area contributed by atoms with E-state index in [4.69, 9.17) is 14.2 Å². The standard InChI is InChI=1S/C75H118O6/c1-4-7-10-13-16-19-22-25-27-29-30-31-32-33-34-35-36-37-38-39-40-41-42-43-44-46-47-50-53-56-59-62-65-68-74(77)80-71-72(70-79-73(76)67-64-61-58-55-52-49-24-21-18-15-12-9-6-3)81-75(78)69-66-63-60-57-54-51-48-45-28-26-23-20-17-14-11-8-5-2/h7,9-10,12,16,18-19,21,25-28,30-31,33-34,36-37,39-40,42-43,46-47,49,52-53,56,72H,4-6,8,11,13-15,17,20,22-24,29,32,35,38,41,44-45,48,50-51,54-55,57-71H2,1-3H3/b10-7-,12-9-,19-16-,21-18-,27-25-,28-26-,31-30-,34-33-,37-36-,40-39-,43-42-,47-46-,52-49-,56-53-. The van der Waals surface area contributed by atoms with E-state index in [9.17, 15) is 14.4 Å². The quantitative estimate of drug-likeness (QED) is 0.0261. The van der Waals surface area contributed by atoms with Gasteiger partial charge in [-0.1, -0.05) is 262 Å². The van der Waals surface area contributed by atoms with Crippen LogP contribution in [0, 0.1) is 0 Å². The molecule has 0 amide bonds. The van der Waals surface area contributed by atoms with E-state index in [-0.39, 0.29) is 37.5 Å². The minimum atomic E-state index is -0.819. The Hall–Kier alpha value is -5.23. The molecule has 0 aliphatic rings. The molecule has 0 aromatic rings. The molecule has 0 aromatic heterocycles. The van der Waals surface area contributed by atoms with Gasteiger partial charge in [0.1, 0.15) is 13.2 Å². The van der Waals surface area contributed by atoms with Gasteiger partial charge in [0.05, 0.1) is 0 Å². The summed E-state index contributed by atoms with van der Waals surface area (Å²) in [6, 6.07) is 0. The van der Waals surface area contributed by atoms with E-state index < -0.39 is 6.10 Å². The monoisotopic (exact) mass is 1110 g/mol. The molecule has 0 radical (unpaired) electrons. The van der Waals surface area contributed by atoms with Gasteiger partial charge in [0.15, 0.2) is 6.10 Å². The Morgan fingerprint density at radius 1 is 0.259 bits per heavy atom. The predicted octanol–water partition coefficient (Wildman–Crippen LogP) is 22.7. The highest BCUT2D eigenvalue weighted by Crippen LogP contribution is 2.14. The van der Waals surface area contributed by atoms with Crippen LogP contribution in [0.2, 0.25) is 0 Å². The van der Waals surface area contributed by atoms with Gasteiger partial charge in [0.2, 0.25) is 0 Å². The van der Waals surface area contributed by atoms with E-state index >= 15 is 0 Å². The SMILES string of the molecule is CC/C=C\C/C=C\C/C=C\C/C=C\C/C=C\C/C=C\C/C=C\C/C=C\C/C=C\C/C=C\CCCCC(=O)OCC(COC(=O)CCCCC/C=C\C/C=C\C/C=C\CC)OC(=O)CCCCCCCCC/C=C\CCCCCCCC. The maximum atomic E-state index is 12.9. The Morgan fingerprint density at radius 2 is 0.481 bits per heavy atom. The molecule has 0 rings (SSSR count). The first-order chi connectivity index (χ1) is 40.0. The summed E-state index contributed by atoms with van der Waals surface area (Å²) >= 11 is 0. The third-order valence-electron chi connectivity index (χ3n) is 13.2. The molecule has 81 heavy (non-hydrogen) atoms. The molecule has 0 fully saturated rings. The zero-order valence-corrected chi connectivity index (χ0v) is 52.0. The highest BCUT2D eigenvalue weighted by atomic mass is 16.6. The second-order valence-electron chi connectivity index (χ2n) is 20.9. The smallest absolute Gasteiger partial charge is 0.306 e. The first kappa shape index (κ1) is 75.8. The fraction of sp³-hybridized carbons (Fsp3) is 0.587. The molecule has 1 atom stereocenters. The van der Waals surface area contributed by atoms with Crippen LogP contribution in [0.3, 0.4) is 0 Å². The molecule has 6 heteroatoms. The molecule has 0 bridgehead atoms. The van der Waals surface area contributed by atoms with Gasteiger partial charge in [-0.3, -0.25) is 14.4 Å². The molecule has 454 valence electrons. The first-order valence-corrected chi connectivity index (χ1v) is 32.6. The number of carbonyl (C=O) groups is 3. The Labute approximate surface area is 498 Å². The summed E-state index contributed by atoms with van der Waals surface area (Å²) in [4.78, 5) is 38.3. The molecule has 0 aromatic carbocycles. The Kier molecular flexibility index (Phi) is 62.9. The fourth-order valence-electron chi connectivity index (χ4n) is 8.36. The van der Waals surface area contributed by atoms with Crippen LogP contribution in [0.5, 0.6) is 0 Å². The Balaban J connectivity index is 4.42. The lowest BCUT2D eigenvalue weighted by Gasteiger charge is -2.18. The molecule has 0 aliphatic heterocycles. The van der Waals surface area contributed by atoms with E-state index in [0.717, 1.165) is 141 Å². The summed E-state index contributed by atoms with van der Waals surface area (Å²) in [5.74, 6) is -0.996. The fourth-order valence-corrected chi connectivity index (χ4v) is 8.36. The lowest BCUT2D eigenvalue weighted by Crippen LogP contribution is -2.30. The van der Waals surface area contributed by atoms with Crippen LogP contribution in [-0.4, -0.2) is 37.2 Å². The van der Waals surface area contributed by atoms with E-state index in [1.54, 1.807) is 0 Å². The van der Waals surface area contributed by atoms with Gasteiger partial charge >= 0.3 is 17.9 Å². The number of ether oxygens (including phenoxy) is 3. The molecule has 0 heterocycles. The zero-order chi connectivity index (χ0) is 58.5. The van der Waals surface area contributed by atoms with Gasteiger partial charge in [-0.2, -0.15) is 0 Å². The molecule has 0 saturated carbocycles.